The van der Waals surface area contributed by atoms with Gasteiger partial charge >= 0.3 is 0 Å². The van der Waals surface area contributed by atoms with E-state index in [0.717, 1.165) is 25.1 Å². The van der Waals surface area contributed by atoms with E-state index in [9.17, 15) is 4.79 Å². The summed E-state index contributed by atoms with van der Waals surface area (Å²) in [6.07, 6.45) is 5.64. The highest BCUT2D eigenvalue weighted by molar-refractivity contribution is 6.32. The molecule has 2 rings (SSSR count). The predicted octanol–water partition coefficient (Wildman–Crippen LogP) is 4.41. The fourth-order valence-electron chi connectivity index (χ4n) is 2.85. The van der Waals surface area contributed by atoms with Gasteiger partial charge in [0.05, 0.1) is 18.2 Å². The summed E-state index contributed by atoms with van der Waals surface area (Å²) in [6, 6.07) is 3.61. The van der Waals surface area contributed by atoms with Crippen LogP contribution in [0.5, 0.6) is 11.5 Å². The van der Waals surface area contributed by atoms with E-state index in [1.807, 2.05) is 24.8 Å². The first kappa shape index (κ1) is 18.7. The molecule has 1 aromatic rings. The number of carbonyl (C=O) groups excluding carboxylic acids is 1. The summed E-state index contributed by atoms with van der Waals surface area (Å²) in [6.45, 7) is 7.71. The third kappa shape index (κ3) is 4.91. The molecule has 1 aromatic carbocycles. The third-order valence-corrected chi connectivity index (χ3v) is 4.27. The fraction of sp³-hybridized carbons (Fsp3) is 0.526. The molecule has 1 heterocycles. The zero-order valence-corrected chi connectivity index (χ0v) is 15.6. The van der Waals surface area contributed by atoms with Gasteiger partial charge in [-0.25, -0.2) is 0 Å². The molecule has 0 radical (unpaired) electrons. The molecule has 5 heteroatoms. The fourth-order valence-corrected chi connectivity index (χ4v) is 3.11. The molecule has 1 amide bonds. The van der Waals surface area contributed by atoms with Crippen LogP contribution in [0.25, 0.3) is 6.08 Å². The average molecular weight is 352 g/mol. The first-order valence-corrected chi connectivity index (χ1v) is 8.79. The van der Waals surface area contributed by atoms with Crippen molar-refractivity contribution in [1.82, 2.24) is 4.90 Å². The van der Waals surface area contributed by atoms with Gasteiger partial charge in [-0.2, -0.15) is 0 Å². The maximum Gasteiger partial charge on any atom is 0.246 e. The molecule has 0 aromatic heterocycles. The van der Waals surface area contributed by atoms with E-state index >= 15 is 0 Å². The Morgan fingerprint density at radius 3 is 2.79 bits per heavy atom. The lowest BCUT2D eigenvalue weighted by Crippen LogP contribution is -2.38. The Labute approximate surface area is 149 Å². The highest BCUT2D eigenvalue weighted by atomic mass is 35.5. The minimum atomic E-state index is 0.000427. The number of amides is 1. The number of rotatable bonds is 5. The molecule has 1 aliphatic rings. The Morgan fingerprint density at radius 1 is 1.42 bits per heavy atom. The largest absolute Gasteiger partial charge is 0.493 e. The summed E-state index contributed by atoms with van der Waals surface area (Å²) in [7, 11) is 1.58. The number of carbonyl (C=O) groups is 1. The molecule has 4 nitrogen and oxygen atoms in total. The minimum absolute atomic E-state index is 0.000427. The number of methoxy groups -OCH3 is 1. The van der Waals surface area contributed by atoms with Crippen molar-refractivity contribution in [1.29, 1.82) is 0 Å². The topological polar surface area (TPSA) is 38.8 Å². The Bertz CT molecular complexity index is 613. The van der Waals surface area contributed by atoms with Crippen LogP contribution in [0.4, 0.5) is 0 Å². The van der Waals surface area contributed by atoms with Gasteiger partial charge in [0.15, 0.2) is 11.5 Å². The van der Waals surface area contributed by atoms with E-state index in [1.54, 1.807) is 25.3 Å². The number of halogens is 1. The molecule has 132 valence electrons. The van der Waals surface area contributed by atoms with Gasteiger partial charge in [0.2, 0.25) is 5.91 Å². The maximum absolute atomic E-state index is 12.3. The Morgan fingerprint density at radius 2 is 2.17 bits per heavy atom. The van der Waals surface area contributed by atoms with E-state index in [4.69, 9.17) is 21.1 Å². The Hall–Kier alpha value is -1.68. The van der Waals surface area contributed by atoms with Gasteiger partial charge in [-0.1, -0.05) is 18.5 Å². The van der Waals surface area contributed by atoms with Gasteiger partial charge < -0.3 is 14.4 Å². The molecule has 0 spiro atoms. The molecule has 0 saturated carbocycles. The smallest absolute Gasteiger partial charge is 0.246 e. The molecule has 1 saturated heterocycles. The van der Waals surface area contributed by atoms with Crippen molar-refractivity contribution in [3.05, 3.63) is 28.8 Å². The zero-order valence-electron chi connectivity index (χ0n) is 14.8. The van der Waals surface area contributed by atoms with E-state index in [1.165, 1.54) is 6.42 Å². The van der Waals surface area contributed by atoms with E-state index in [2.05, 4.69) is 6.92 Å². The van der Waals surface area contributed by atoms with Crippen molar-refractivity contribution in [2.24, 2.45) is 5.92 Å². The van der Waals surface area contributed by atoms with Crippen LogP contribution in [0.2, 0.25) is 5.02 Å². The van der Waals surface area contributed by atoms with Crippen molar-refractivity contribution in [3.8, 4) is 11.5 Å². The third-order valence-electron chi connectivity index (χ3n) is 3.99. The highest BCUT2D eigenvalue weighted by Gasteiger charge is 2.19. The lowest BCUT2D eigenvalue weighted by Gasteiger charge is -2.30. The second kappa shape index (κ2) is 8.43. The molecule has 1 fully saturated rings. The highest BCUT2D eigenvalue weighted by Crippen LogP contribution is 2.37. The summed E-state index contributed by atoms with van der Waals surface area (Å²) < 4.78 is 11.1. The molecule has 1 unspecified atom stereocenters. The van der Waals surface area contributed by atoms with Crippen molar-refractivity contribution >= 4 is 23.6 Å². The van der Waals surface area contributed by atoms with Gasteiger partial charge in [0, 0.05) is 19.2 Å². The van der Waals surface area contributed by atoms with Crippen molar-refractivity contribution in [3.63, 3.8) is 0 Å². The van der Waals surface area contributed by atoms with Crippen LogP contribution in [0, 0.1) is 5.92 Å². The number of nitrogens with zero attached hydrogens (tertiary/aromatic N) is 1. The molecule has 1 aliphatic heterocycles. The Balaban J connectivity index is 2.14. The molecule has 1 atom stereocenters. The monoisotopic (exact) mass is 351 g/mol. The van der Waals surface area contributed by atoms with Crippen LogP contribution in [-0.4, -0.2) is 37.1 Å². The van der Waals surface area contributed by atoms with Crippen LogP contribution in [0.1, 0.15) is 39.2 Å². The van der Waals surface area contributed by atoms with Gasteiger partial charge in [-0.15, -0.1) is 0 Å². The molecule has 24 heavy (non-hydrogen) atoms. The molecular formula is C19H26ClNO3. The van der Waals surface area contributed by atoms with Crippen LogP contribution >= 0.6 is 11.6 Å². The number of hydrogen-bond acceptors (Lipinski definition) is 3. The van der Waals surface area contributed by atoms with Crippen LogP contribution in [0.3, 0.4) is 0 Å². The second-order valence-electron chi connectivity index (χ2n) is 6.57. The molecular weight excluding hydrogens is 326 g/mol. The summed E-state index contributed by atoms with van der Waals surface area (Å²) in [5, 5.41) is 0.474. The van der Waals surface area contributed by atoms with Crippen LogP contribution in [0.15, 0.2) is 18.2 Å². The van der Waals surface area contributed by atoms with Crippen molar-refractivity contribution < 1.29 is 14.3 Å². The van der Waals surface area contributed by atoms with Gasteiger partial charge in [0.1, 0.15) is 0 Å². The molecule has 0 aliphatic carbocycles. The maximum atomic E-state index is 12.3. The van der Waals surface area contributed by atoms with E-state index in [-0.39, 0.29) is 12.0 Å². The first-order valence-electron chi connectivity index (χ1n) is 8.42. The van der Waals surface area contributed by atoms with Gasteiger partial charge in [-0.3, -0.25) is 4.79 Å². The van der Waals surface area contributed by atoms with Crippen molar-refractivity contribution in [2.75, 3.05) is 20.2 Å². The standard InChI is InChI=1S/C19H26ClNO3/c1-13(2)24-19-16(20)10-15(11-17(19)23-4)7-8-18(22)21-9-5-6-14(3)12-21/h7-8,10-11,13-14H,5-6,9,12H2,1-4H3/b8-7+. The molecule has 0 N–H and O–H groups in total. The van der Waals surface area contributed by atoms with Gasteiger partial charge in [-0.05, 0) is 56.4 Å². The number of hydrogen-bond donors (Lipinski definition) is 0. The quantitative estimate of drug-likeness (QED) is 0.738. The van der Waals surface area contributed by atoms with Gasteiger partial charge in [0.25, 0.3) is 0 Å². The second-order valence-corrected chi connectivity index (χ2v) is 6.97. The summed E-state index contributed by atoms with van der Waals surface area (Å²) >= 11 is 6.31. The van der Waals surface area contributed by atoms with Crippen molar-refractivity contribution in [2.45, 2.75) is 39.7 Å². The Kier molecular flexibility index (Phi) is 6.55. The summed E-state index contributed by atoms with van der Waals surface area (Å²) in [5.74, 6) is 1.70. The number of benzene rings is 1. The lowest BCUT2D eigenvalue weighted by molar-refractivity contribution is -0.127. The molecule has 0 bridgehead atoms. The van der Waals surface area contributed by atoms with E-state index < -0.39 is 0 Å². The average Bonchev–Trinajstić information content (AvgIpc) is 2.54. The number of likely N-dealkylation sites (tertiary alicyclic amines) is 1. The summed E-state index contributed by atoms with van der Waals surface area (Å²) in [5.41, 5.74) is 0.811. The normalized spacial score (nSPS) is 18.2. The minimum Gasteiger partial charge on any atom is -0.493 e. The lowest BCUT2D eigenvalue weighted by atomic mass is 10.0. The predicted molar refractivity (Wildman–Crippen MR) is 97.8 cm³/mol. The number of piperidine rings is 1. The zero-order chi connectivity index (χ0) is 17.7. The summed E-state index contributed by atoms with van der Waals surface area (Å²) in [4.78, 5) is 14.2. The van der Waals surface area contributed by atoms with Crippen LogP contribution in [-0.2, 0) is 4.79 Å². The number of ether oxygens (including phenoxy) is 2. The first-order chi connectivity index (χ1) is 11.4. The SMILES string of the molecule is COc1cc(/C=C/C(=O)N2CCCC(C)C2)cc(Cl)c1OC(C)C. The van der Waals surface area contributed by atoms with E-state index in [0.29, 0.717) is 22.4 Å². The van der Waals surface area contributed by atoms with Crippen LogP contribution < -0.4 is 9.47 Å².